The molecule has 3 nitrogen and oxygen atoms in total. The van der Waals surface area contributed by atoms with E-state index in [2.05, 4.69) is 34.5 Å². The van der Waals surface area contributed by atoms with Crippen molar-refractivity contribution in [2.24, 2.45) is 17.8 Å². The van der Waals surface area contributed by atoms with Crippen LogP contribution in [0.2, 0.25) is 0 Å². The van der Waals surface area contributed by atoms with Crippen LogP contribution in [0.1, 0.15) is 25.7 Å². The van der Waals surface area contributed by atoms with Crippen LogP contribution in [0, 0.1) is 17.8 Å². The molecule has 0 amide bonds. The van der Waals surface area contributed by atoms with Gasteiger partial charge in [-0.1, -0.05) is 24.3 Å². The lowest BCUT2D eigenvalue weighted by Gasteiger charge is -2.35. The summed E-state index contributed by atoms with van der Waals surface area (Å²) in [4.78, 5) is 2.69. The molecule has 1 saturated heterocycles. The molecule has 118 valence electrons. The Balaban J connectivity index is 1.26. The van der Waals surface area contributed by atoms with Crippen LogP contribution < -0.4 is 11.1 Å². The normalized spacial score (nSPS) is 31.7. The smallest absolute Gasteiger partial charge is 0.0576 e. The van der Waals surface area contributed by atoms with E-state index in [1.165, 1.54) is 45.3 Å². The SMILES string of the molecule is Nc1ccccc1NC1CCN(CC2CC3C=CC2C3)CC1. The number of nitrogens with two attached hydrogens (primary N) is 1. The number of allylic oxidation sites excluding steroid dienone is 2. The number of rotatable bonds is 4. The molecule has 0 aromatic heterocycles. The molecular weight excluding hydrogens is 270 g/mol. The largest absolute Gasteiger partial charge is 0.397 e. The molecule has 3 heteroatoms. The molecule has 2 bridgehead atoms. The summed E-state index contributed by atoms with van der Waals surface area (Å²) >= 11 is 0. The van der Waals surface area contributed by atoms with E-state index in [0.29, 0.717) is 6.04 Å². The Labute approximate surface area is 133 Å². The van der Waals surface area contributed by atoms with E-state index in [1.54, 1.807) is 0 Å². The fourth-order valence-corrected chi connectivity index (χ4v) is 4.54. The number of likely N-dealkylation sites (tertiary alicyclic amines) is 1. The third-order valence-electron chi connectivity index (χ3n) is 5.82. The van der Waals surface area contributed by atoms with E-state index >= 15 is 0 Å². The number of anilines is 2. The Bertz CT molecular complexity index is 545. The molecule has 2 fully saturated rings. The zero-order valence-electron chi connectivity index (χ0n) is 13.2. The Morgan fingerprint density at radius 2 is 1.91 bits per heavy atom. The quantitative estimate of drug-likeness (QED) is 0.661. The van der Waals surface area contributed by atoms with Gasteiger partial charge in [-0.2, -0.15) is 0 Å². The van der Waals surface area contributed by atoms with Gasteiger partial charge in [-0.05, 0) is 55.6 Å². The predicted octanol–water partition coefficient (Wildman–Crippen LogP) is 3.36. The first-order chi connectivity index (χ1) is 10.8. The summed E-state index contributed by atoms with van der Waals surface area (Å²) < 4.78 is 0. The fourth-order valence-electron chi connectivity index (χ4n) is 4.54. The summed E-state index contributed by atoms with van der Waals surface area (Å²) in [5.74, 6) is 2.70. The van der Waals surface area contributed by atoms with Crippen LogP contribution >= 0.6 is 0 Å². The van der Waals surface area contributed by atoms with Crippen molar-refractivity contribution in [3.63, 3.8) is 0 Å². The van der Waals surface area contributed by atoms with Crippen LogP contribution in [0.5, 0.6) is 0 Å². The van der Waals surface area contributed by atoms with Gasteiger partial charge in [0.1, 0.15) is 0 Å². The van der Waals surface area contributed by atoms with Crippen molar-refractivity contribution in [2.75, 3.05) is 30.7 Å². The minimum Gasteiger partial charge on any atom is -0.397 e. The number of hydrogen-bond acceptors (Lipinski definition) is 3. The van der Waals surface area contributed by atoms with E-state index in [9.17, 15) is 0 Å². The van der Waals surface area contributed by atoms with Gasteiger partial charge in [0.25, 0.3) is 0 Å². The van der Waals surface area contributed by atoms with Crippen LogP contribution in [-0.2, 0) is 0 Å². The van der Waals surface area contributed by atoms with E-state index in [-0.39, 0.29) is 0 Å². The van der Waals surface area contributed by atoms with Gasteiger partial charge in [0.05, 0.1) is 11.4 Å². The summed E-state index contributed by atoms with van der Waals surface area (Å²) in [6.45, 7) is 3.76. The van der Waals surface area contributed by atoms with Gasteiger partial charge in [-0.3, -0.25) is 0 Å². The third-order valence-corrected chi connectivity index (χ3v) is 5.82. The molecule has 3 aliphatic rings. The van der Waals surface area contributed by atoms with E-state index < -0.39 is 0 Å². The lowest BCUT2D eigenvalue weighted by molar-refractivity contribution is 0.177. The standard InChI is InChI=1S/C19H27N3/c20-18-3-1-2-4-19(18)21-17-7-9-22(10-8-17)13-16-12-14-5-6-15(16)11-14/h1-6,14-17,21H,7-13,20H2. The summed E-state index contributed by atoms with van der Waals surface area (Å²) in [5, 5.41) is 3.63. The molecule has 2 aliphatic carbocycles. The van der Waals surface area contributed by atoms with Crippen molar-refractivity contribution in [2.45, 2.75) is 31.7 Å². The predicted molar refractivity (Wildman–Crippen MR) is 92.8 cm³/mol. The van der Waals surface area contributed by atoms with Gasteiger partial charge in [-0.25, -0.2) is 0 Å². The molecular formula is C19H27N3. The highest BCUT2D eigenvalue weighted by Crippen LogP contribution is 2.43. The van der Waals surface area contributed by atoms with Gasteiger partial charge in [0.2, 0.25) is 0 Å². The second-order valence-electron chi connectivity index (χ2n) is 7.35. The van der Waals surface area contributed by atoms with Crippen LogP contribution in [0.4, 0.5) is 11.4 Å². The topological polar surface area (TPSA) is 41.3 Å². The molecule has 1 heterocycles. The second-order valence-corrected chi connectivity index (χ2v) is 7.35. The van der Waals surface area contributed by atoms with Crippen molar-refractivity contribution in [3.8, 4) is 0 Å². The molecule has 3 atom stereocenters. The molecule has 1 saturated carbocycles. The Morgan fingerprint density at radius 1 is 1.09 bits per heavy atom. The van der Waals surface area contributed by atoms with Crippen molar-refractivity contribution in [1.29, 1.82) is 0 Å². The minimum absolute atomic E-state index is 0.570. The van der Waals surface area contributed by atoms with Gasteiger partial charge in [0, 0.05) is 25.7 Å². The molecule has 0 radical (unpaired) electrons. The van der Waals surface area contributed by atoms with Crippen molar-refractivity contribution >= 4 is 11.4 Å². The lowest BCUT2D eigenvalue weighted by atomic mass is 9.92. The zero-order chi connectivity index (χ0) is 14.9. The first kappa shape index (κ1) is 14.1. The summed E-state index contributed by atoms with van der Waals surface area (Å²) in [5.41, 5.74) is 7.99. The molecule has 22 heavy (non-hydrogen) atoms. The highest BCUT2D eigenvalue weighted by Gasteiger charge is 2.36. The highest BCUT2D eigenvalue weighted by atomic mass is 15.1. The van der Waals surface area contributed by atoms with Crippen molar-refractivity contribution in [3.05, 3.63) is 36.4 Å². The first-order valence-electron chi connectivity index (χ1n) is 8.79. The van der Waals surface area contributed by atoms with Crippen LogP contribution in [-0.4, -0.2) is 30.6 Å². The molecule has 3 N–H and O–H groups in total. The molecule has 1 aromatic carbocycles. The molecule has 0 spiro atoms. The number of para-hydroxylation sites is 2. The molecule has 3 unspecified atom stereocenters. The number of benzene rings is 1. The van der Waals surface area contributed by atoms with E-state index in [1.807, 2.05) is 12.1 Å². The number of nitrogens with one attached hydrogen (secondary N) is 1. The van der Waals surface area contributed by atoms with E-state index in [0.717, 1.165) is 29.1 Å². The van der Waals surface area contributed by atoms with E-state index in [4.69, 9.17) is 5.73 Å². The van der Waals surface area contributed by atoms with Gasteiger partial charge >= 0.3 is 0 Å². The summed E-state index contributed by atoms with van der Waals surface area (Å²) in [7, 11) is 0. The average Bonchev–Trinajstić information content (AvgIpc) is 3.14. The average molecular weight is 297 g/mol. The van der Waals surface area contributed by atoms with Crippen molar-refractivity contribution in [1.82, 2.24) is 4.90 Å². The minimum atomic E-state index is 0.570. The maximum absolute atomic E-state index is 6.03. The van der Waals surface area contributed by atoms with Crippen LogP contribution in [0.3, 0.4) is 0 Å². The van der Waals surface area contributed by atoms with Crippen LogP contribution in [0.15, 0.2) is 36.4 Å². The summed E-state index contributed by atoms with van der Waals surface area (Å²) in [6.07, 6.45) is 10.2. The van der Waals surface area contributed by atoms with Gasteiger partial charge in [0.15, 0.2) is 0 Å². The maximum Gasteiger partial charge on any atom is 0.0576 e. The molecule has 4 rings (SSSR count). The Kier molecular flexibility index (Phi) is 3.83. The van der Waals surface area contributed by atoms with Crippen LogP contribution in [0.25, 0.3) is 0 Å². The van der Waals surface area contributed by atoms with Gasteiger partial charge < -0.3 is 16.0 Å². The highest BCUT2D eigenvalue weighted by molar-refractivity contribution is 5.65. The number of fused-ring (bicyclic) bond motifs is 2. The number of nitrogen functional groups attached to an aromatic ring is 1. The first-order valence-corrected chi connectivity index (χ1v) is 8.79. The number of nitrogens with zero attached hydrogens (tertiary/aromatic N) is 1. The summed E-state index contributed by atoms with van der Waals surface area (Å²) in [6, 6.07) is 8.67. The number of piperidine rings is 1. The monoisotopic (exact) mass is 297 g/mol. The lowest BCUT2D eigenvalue weighted by Crippen LogP contribution is -2.41. The third kappa shape index (κ3) is 2.87. The van der Waals surface area contributed by atoms with Gasteiger partial charge in [-0.15, -0.1) is 0 Å². The second kappa shape index (κ2) is 5.96. The van der Waals surface area contributed by atoms with Crippen molar-refractivity contribution < 1.29 is 0 Å². The fraction of sp³-hybridized carbons (Fsp3) is 0.579. The molecule has 1 aliphatic heterocycles. The number of hydrogen-bond donors (Lipinski definition) is 2. The molecule has 1 aromatic rings. The zero-order valence-corrected chi connectivity index (χ0v) is 13.2. The Hall–Kier alpha value is -1.48. The maximum atomic E-state index is 6.03. The Morgan fingerprint density at radius 3 is 2.59 bits per heavy atom.